The van der Waals surface area contributed by atoms with Crippen LogP contribution in [0.15, 0.2) is 29.2 Å². The minimum absolute atomic E-state index is 0. The summed E-state index contributed by atoms with van der Waals surface area (Å²) in [5, 5.41) is 3.55. The molecule has 0 aliphatic carbocycles. The van der Waals surface area contributed by atoms with E-state index < -0.39 is 0 Å². The monoisotopic (exact) mass is 330 g/mol. The van der Waals surface area contributed by atoms with Gasteiger partial charge in [-0.05, 0) is 30.7 Å². The minimum atomic E-state index is -0.0300. The smallest absolute Gasteiger partial charge is 0.251 e. The number of hydrogen-bond acceptors (Lipinski definition) is 3. The van der Waals surface area contributed by atoms with Crippen molar-refractivity contribution in [3.63, 3.8) is 0 Å². The molecular weight excluding hydrogens is 304 g/mol. The number of thioether (sulfide) groups is 1. The van der Waals surface area contributed by atoms with Gasteiger partial charge in [-0.2, -0.15) is 0 Å². The largest absolute Gasteiger partial charge is 0.348 e. The summed E-state index contributed by atoms with van der Waals surface area (Å²) in [5.74, 6) is -0.0300. The first kappa shape index (κ1) is 20.3. The fourth-order valence-electron chi connectivity index (χ4n) is 1.93. The summed E-state index contributed by atoms with van der Waals surface area (Å²) in [6.45, 7) is 6.95. The summed E-state index contributed by atoms with van der Waals surface area (Å²) in [5.41, 5.74) is 6.40. The second-order valence-corrected chi connectivity index (χ2v) is 6.89. The number of halogens is 1. The van der Waals surface area contributed by atoms with Crippen molar-refractivity contribution in [2.24, 2.45) is 5.73 Å². The number of carbonyl (C=O) groups excluding carboxylic acids is 1. The highest BCUT2D eigenvalue weighted by atomic mass is 35.5. The highest BCUT2D eigenvalue weighted by molar-refractivity contribution is 7.99. The van der Waals surface area contributed by atoms with Gasteiger partial charge in [0, 0.05) is 28.3 Å². The number of unbranched alkanes of at least 4 members (excludes halogenated alkanes) is 1. The first-order valence-electron chi connectivity index (χ1n) is 7.34. The van der Waals surface area contributed by atoms with Crippen molar-refractivity contribution in [3.05, 3.63) is 29.8 Å². The molecule has 0 radical (unpaired) electrons. The van der Waals surface area contributed by atoms with Crippen molar-refractivity contribution < 1.29 is 4.79 Å². The summed E-state index contributed by atoms with van der Waals surface area (Å²) in [4.78, 5) is 13.3. The molecule has 0 aliphatic rings. The maximum Gasteiger partial charge on any atom is 0.251 e. The van der Waals surface area contributed by atoms with Crippen molar-refractivity contribution in [1.29, 1.82) is 0 Å². The summed E-state index contributed by atoms with van der Waals surface area (Å²) in [6, 6.07) is 7.85. The normalized spacial score (nSPS) is 11.9. The molecule has 0 bridgehead atoms. The molecule has 0 aromatic heterocycles. The molecule has 1 amide bonds. The Kier molecular flexibility index (Phi) is 10.6. The van der Waals surface area contributed by atoms with E-state index in [0.29, 0.717) is 17.4 Å². The molecule has 0 saturated heterocycles. The van der Waals surface area contributed by atoms with Gasteiger partial charge in [-0.15, -0.1) is 24.2 Å². The predicted molar refractivity (Wildman–Crippen MR) is 94.5 cm³/mol. The predicted octanol–water partition coefficient (Wildman–Crippen LogP) is 3.86. The van der Waals surface area contributed by atoms with Gasteiger partial charge in [-0.1, -0.05) is 33.6 Å². The van der Waals surface area contributed by atoms with Gasteiger partial charge in [-0.25, -0.2) is 0 Å². The van der Waals surface area contributed by atoms with Crippen LogP contribution in [0, 0.1) is 0 Å². The Morgan fingerprint density at radius 2 is 1.90 bits per heavy atom. The van der Waals surface area contributed by atoms with Crippen molar-refractivity contribution >= 4 is 30.1 Å². The fraction of sp³-hybridized carbons (Fsp3) is 0.562. The first-order valence-corrected chi connectivity index (χ1v) is 8.22. The van der Waals surface area contributed by atoms with Crippen LogP contribution in [-0.2, 0) is 0 Å². The quantitative estimate of drug-likeness (QED) is 0.712. The first-order chi connectivity index (χ1) is 9.56. The third-order valence-corrected chi connectivity index (χ3v) is 4.03. The van der Waals surface area contributed by atoms with Gasteiger partial charge >= 0.3 is 0 Å². The molecule has 1 atom stereocenters. The van der Waals surface area contributed by atoms with Gasteiger partial charge in [0.15, 0.2) is 0 Å². The third kappa shape index (κ3) is 7.74. The van der Waals surface area contributed by atoms with Crippen LogP contribution in [0.1, 0.15) is 50.4 Å². The van der Waals surface area contributed by atoms with Gasteiger partial charge in [0.25, 0.3) is 5.91 Å². The van der Waals surface area contributed by atoms with E-state index in [1.165, 1.54) is 4.90 Å². The number of benzene rings is 1. The number of nitrogens with two attached hydrogens (primary N) is 1. The van der Waals surface area contributed by atoms with E-state index >= 15 is 0 Å². The molecule has 1 aromatic rings. The third-order valence-electron chi connectivity index (χ3n) is 3.01. The molecule has 0 fully saturated rings. The molecule has 0 heterocycles. The lowest BCUT2D eigenvalue weighted by molar-refractivity contribution is 0.0935. The Hall–Kier alpha value is -0.710. The summed E-state index contributed by atoms with van der Waals surface area (Å²) < 4.78 is 0. The summed E-state index contributed by atoms with van der Waals surface area (Å²) in [7, 11) is 0. The number of carbonyl (C=O) groups is 1. The number of hydrogen-bond donors (Lipinski definition) is 2. The molecule has 3 nitrogen and oxygen atoms in total. The Bertz CT molecular complexity index is 409. The second-order valence-electron chi connectivity index (χ2n) is 5.24. The lowest BCUT2D eigenvalue weighted by atomic mass is 10.1. The zero-order valence-electron chi connectivity index (χ0n) is 13.1. The molecule has 0 saturated carbocycles. The average molecular weight is 331 g/mol. The lowest BCUT2D eigenvalue weighted by Crippen LogP contribution is -2.40. The average Bonchev–Trinajstić information content (AvgIpc) is 2.43. The molecule has 5 heteroatoms. The van der Waals surface area contributed by atoms with Gasteiger partial charge in [0.05, 0.1) is 0 Å². The van der Waals surface area contributed by atoms with Crippen molar-refractivity contribution in [3.8, 4) is 0 Å². The highest BCUT2D eigenvalue weighted by Crippen LogP contribution is 2.22. The van der Waals surface area contributed by atoms with Crippen LogP contribution in [0.5, 0.6) is 0 Å². The molecule has 1 aromatic carbocycles. The van der Waals surface area contributed by atoms with Crippen LogP contribution >= 0.6 is 24.2 Å². The van der Waals surface area contributed by atoms with Gasteiger partial charge < -0.3 is 11.1 Å². The fourth-order valence-corrected chi connectivity index (χ4v) is 2.76. The Balaban J connectivity index is 0.00000400. The van der Waals surface area contributed by atoms with Crippen molar-refractivity contribution in [2.75, 3.05) is 6.54 Å². The van der Waals surface area contributed by atoms with E-state index in [2.05, 4.69) is 26.1 Å². The molecule has 120 valence electrons. The van der Waals surface area contributed by atoms with Crippen LogP contribution in [-0.4, -0.2) is 23.7 Å². The maximum atomic E-state index is 12.1. The maximum absolute atomic E-state index is 12.1. The summed E-state index contributed by atoms with van der Waals surface area (Å²) >= 11 is 1.80. The number of rotatable bonds is 8. The van der Waals surface area contributed by atoms with Crippen molar-refractivity contribution in [1.82, 2.24) is 5.32 Å². The zero-order chi connectivity index (χ0) is 15.0. The molecule has 1 rings (SSSR count). The van der Waals surface area contributed by atoms with Crippen LogP contribution < -0.4 is 11.1 Å². The minimum Gasteiger partial charge on any atom is -0.348 e. The van der Waals surface area contributed by atoms with Crippen LogP contribution in [0.3, 0.4) is 0 Å². The van der Waals surface area contributed by atoms with E-state index in [1.54, 1.807) is 11.8 Å². The van der Waals surface area contributed by atoms with Gasteiger partial charge in [0.1, 0.15) is 0 Å². The molecule has 0 aliphatic heterocycles. The Labute approximate surface area is 138 Å². The molecule has 0 spiro atoms. The van der Waals surface area contributed by atoms with E-state index in [9.17, 15) is 4.79 Å². The zero-order valence-corrected chi connectivity index (χ0v) is 14.7. The number of amides is 1. The molecule has 1 unspecified atom stereocenters. The van der Waals surface area contributed by atoms with E-state index in [1.807, 2.05) is 24.3 Å². The standard InChI is InChI=1S/C16H26N2OS.ClH/c1-4-5-6-14(11-17)18-16(19)13-7-9-15(10-8-13)20-12(2)3;/h7-10,12,14H,4-6,11,17H2,1-3H3,(H,18,19);1H. The molecule has 21 heavy (non-hydrogen) atoms. The van der Waals surface area contributed by atoms with Crippen LogP contribution in [0.4, 0.5) is 0 Å². The van der Waals surface area contributed by atoms with Crippen LogP contribution in [0.25, 0.3) is 0 Å². The van der Waals surface area contributed by atoms with Crippen LogP contribution in [0.2, 0.25) is 0 Å². The molecular formula is C16H27ClN2OS. The topological polar surface area (TPSA) is 55.1 Å². The highest BCUT2D eigenvalue weighted by Gasteiger charge is 2.12. The van der Waals surface area contributed by atoms with E-state index in [4.69, 9.17) is 5.73 Å². The second kappa shape index (κ2) is 10.9. The summed E-state index contributed by atoms with van der Waals surface area (Å²) in [6.07, 6.45) is 3.15. The van der Waals surface area contributed by atoms with E-state index in [0.717, 1.165) is 19.3 Å². The lowest BCUT2D eigenvalue weighted by Gasteiger charge is -2.16. The Morgan fingerprint density at radius 3 is 2.38 bits per heavy atom. The SMILES string of the molecule is CCCCC(CN)NC(=O)c1ccc(SC(C)C)cc1.Cl. The molecule has 3 N–H and O–H groups in total. The number of nitrogens with one attached hydrogen (secondary N) is 1. The van der Waals surface area contributed by atoms with E-state index in [-0.39, 0.29) is 24.4 Å². The van der Waals surface area contributed by atoms with Gasteiger partial charge in [0.2, 0.25) is 0 Å². The van der Waals surface area contributed by atoms with Crippen molar-refractivity contribution in [2.45, 2.75) is 56.2 Å². The van der Waals surface area contributed by atoms with Gasteiger partial charge in [-0.3, -0.25) is 4.79 Å². The Morgan fingerprint density at radius 1 is 1.29 bits per heavy atom.